The van der Waals surface area contributed by atoms with Gasteiger partial charge in [-0.25, -0.2) is 4.39 Å². The minimum absolute atomic E-state index is 0.00674. The highest BCUT2D eigenvalue weighted by atomic mass is 19.1. The predicted octanol–water partition coefficient (Wildman–Crippen LogP) is 2.83. The van der Waals surface area contributed by atoms with E-state index in [1.807, 2.05) is 6.92 Å². The monoisotopic (exact) mass is 328 g/mol. The molecule has 5 nitrogen and oxygen atoms in total. The van der Waals surface area contributed by atoms with Crippen molar-refractivity contribution in [3.05, 3.63) is 53.8 Å². The number of nitrogens with one attached hydrogen (secondary N) is 1. The van der Waals surface area contributed by atoms with Crippen LogP contribution in [-0.4, -0.2) is 23.5 Å². The average Bonchev–Trinajstić information content (AvgIpc) is 2.92. The molecule has 1 heterocycles. The number of aromatic hydroxyl groups is 1. The molecule has 1 atom stereocenters. The van der Waals surface area contributed by atoms with Crippen molar-refractivity contribution >= 4 is 23.2 Å². The Balaban J connectivity index is 1.73. The molecular weight excluding hydrogens is 311 g/mol. The Morgan fingerprint density at radius 2 is 2.04 bits per heavy atom. The summed E-state index contributed by atoms with van der Waals surface area (Å²) in [4.78, 5) is 25.8. The number of phenols is 1. The fourth-order valence-corrected chi connectivity index (χ4v) is 2.77. The highest BCUT2D eigenvalue weighted by molar-refractivity contribution is 6.03. The molecule has 2 amide bonds. The molecule has 24 heavy (non-hydrogen) atoms. The number of para-hydroxylation sites is 1. The van der Waals surface area contributed by atoms with Crippen molar-refractivity contribution in [2.75, 3.05) is 16.8 Å². The van der Waals surface area contributed by atoms with Crippen molar-refractivity contribution in [2.45, 2.75) is 13.3 Å². The van der Waals surface area contributed by atoms with E-state index in [2.05, 4.69) is 5.32 Å². The lowest BCUT2D eigenvalue weighted by Gasteiger charge is -2.17. The number of rotatable bonds is 3. The van der Waals surface area contributed by atoms with Gasteiger partial charge in [-0.05, 0) is 36.8 Å². The fourth-order valence-electron chi connectivity index (χ4n) is 2.77. The zero-order valence-corrected chi connectivity index (χ0v) is 13.1. The molecule has 2 aromatic rings. The van der Waals surface area contributed by atoms with E-state index in [-0.39, 0.29) is 36.2 Å². The Bertz CT molecular complexity index is 807. The van der Waals surface area contributed by atoms with Crippen LogP contribution < -0.4 is 10.2 Å². The topological polar surface area (TPSA) is 69.6 Å². The molecule has 0 aliphatic carbocycles. The van der Waals surface area contributed by atoms with E-state index in [9.17, 15) is 19.1 Å². The molecule has 1 saturated heterocycles. The van der Waals surface area contributed by atoms with Crippen LogP contribution in [0.2, 0.25) is 0 Å². The normalized spacial score (nSPS) is 17.2. The van der Waals surface area contributed by atoms with Crippen LogP contribution >= 0.6 is 0 Å². The standard InChI is InChI=1S/C18H17FN2O3/c1-11-6-7-14(16(22)8-11)20-18(24)12-9-17(23)21(10-12)15-5-3-2-4-13(15)19/h2-8,12,22H,9-10H2,1H3,(H,20,24)/t12-/m1/s1. The second-order valence-corrected chi connectivity index (χ2v) is 5.87. The van der Waals surface area contributed by atoms with Gasteiger partial charge in [0.25, 0.3) is 0 Å². The van der Waals surface area contributed by atoms with E-state index in [0.717, 1.165) is 5.56 Å². The molecular formula is C18H17FN2O3. The van der Waals surface area contributed by atoms with Crippen molar-refractivity contribution < 1.29 is 19.1 Å². The summed E-state index contributed by atoms with van der Waals surface area (Å²) in [6.07, 6.45) is 0.00674. The number of carbonyl (C=O) groups is 2. The average molecular weight is 328 g/mol. The number of aryl methyl sites for hydroxylation is 1. The number of phenolic OH excluding ortho intramolecular Hbond substituents is 1. The Hall–Kier alpha value is -2.89. The van der Waals surface area contributed by atoms with Gasteiger partial charge < -0.3 is 15.3 Å². The zero-order chi connectivity index (χ0) is 17.3. The minimum Gasteiger partial charge on any atom is -0.506 e. The fraction of sp³-hybridized carbons (Fsp3) is 0.222. The largest absolute Gasteiger partial charge is 0.506 e. The van der Waals surface area contributed by atoms with Crippen molar-refractivity contribution in [3.63, 3.8) is 0 Å². The van der Waals surface area contributed by atoms with Gasteiger partial charge in [-0.1, -0.05) is 18.2 Å². The van der Waals surface area contributed by atoms with E-state index < -0.39 is 11.7 Å². The molecule has 0 spiro atoms. The highest BCUT2D eigenvalue weighted by Crippen LogP contribution is 2.29. The highest BCUT2D eigenvalue weighted by Gasteiger charge is 2.36. The smallest absolute Gasteiger partial charge is 0.229 e. The van der Waals surface area contributed by atoms with Gasteiger partial charge in [-0.2, -0.15) is 0 Å². The first-order valence-corrected chi connectivity index (χ1v) is 7.61. The van der Waals surface area contributed by atoms with Crippen LogP contribution in [0.25, 0.3) is 0 Å². The maximum Gasteiger partial charge on any atom is 0.229 e. The van der Waals surface area contributed by atoms with Crippen molar-refractivity contribution in [3.8, 4) is 5.75 Å². The van der Waals surface area contributed by atoms with Gasteiger partial charge in [0.05, 0.1) is 17.3 Å². The molecule has 1 fully saturated rings. The summed E-state index contributed by atoms with van der Waals surface area (Å²) in [5.41, 5.74) is 1.34. The van der Waals surface area contributed by atoms with Crippen molar-refractivity contribution in [1.82, 2.24) is 0 Å². The molecule has 124 valence electrons. The summed E-state index contributed by atoms with van der Waals surface area (Å²) in [5, 5.41) is 12.5. The van der Waals surface area contributed by atoms with Gasteiger partial charge in [-0.15, -0.1) is 0 Å². The predicted molar refractivity (Wildman–Crippen MR) is 88.3 cm³/mol. The maximum atomic E-state index is 13.9. The SMILES string of the molecule is Cc1ccc(NC(=O)[C@@H]2CC(=O)N(c3ccccc3F)C2)c(O)c1. The van der Waals surface area contributed by atoms with E-state index in [4.69, 9.17) is 0 Å². The molecule has 1 aliphatic rings. The summed E-state index contributed by atoms with van der Waals surface area (Å²) < 4.78 is 13.9. The molecule has 6 heteroatoms. The minimum atomic E-state index is -0.599. The van der Waals surface area contributed by atoms with Gasteiger partial charge >= 0.3 is 0 Å². The number of anilines is 2. The first kappa shape index (κ1) is 16.0. The van der Waals surface area contributed by atoms with Gasteiger partial charge in [-0.3, -0.25) is 9.59 Å². The number of hydrogen-bond donors (Lipinski definition) is 2. The first-order chi connectivity index (χ1) is 11.5. The first-order valence-electron chi connectivity index (χ1n) is 7.61. The second-order valence-electron chi connectivity index (χ2n) is 5.87. The lowest BCUT2D eigenvalue weighted by Crippen LogP contribution is -2.28. The van der Waals surface area contributed by atoms with Gasteiger partial charge in [0, 0.05) is 13.0 Å². The van der Waals surface area contributed by atoms with Crippen LogP contribution in [0.5, 0.6) is 5.75 Å². The molecule has 0 unspecified atom stereocenters. The summed E-state index contributed by atoms with van der Waals surface area (Å²) in [6, 6.07) is 10.9. The van der Waals surface area contributed by atoms with Crippen molar-refractivity contribution in [2.24, 2.45) is 5.92 Å². The Kier molecular flexibility index (Phi) is 4.20. The maximum absolute atomic E-state index is 13.9. The number of carbonyl (C=O) groups excluding carboxylic acids is 2. The molecule has 0 bridgehead atoms. The van der Waals surface area contributed by atoms with Crippen LogP contribution in [0.15, 0.2) is 42.5 Å². The number of nitrogens with zero attached hydrogens (tertiary/aromatic N) is 1. The van der Waals surface area contributed by atoms with E-state index >= 15 is 0 Å². The van der Waals surface area contributed by atoms with Gasteiger partial charge in [0.2, 0.25) is 11.8 Å². The summed E-state index contributed by atoms with van der Waals surface area (Å²) in [7, 11) is 0. The summed E-state index contributed by atoms with van der Waals surface area (Å²) >= 11 is 0. The quantitative estimate of drug-likeness (QED) is 0.851. The number of benzene rings is 2. The molecule has 0 saturated carbocycles. The third-order valence-electron chi connectivity index (χ3n) is 4.05. The van der Waals surface area contributed by atoms with Crippen LogP contribution in [0.3, 0.4) is 0 Å². The van der Waals surface area contributed by atoms with Gasteiger partial charge in [0.1, 0.15) is 11.6 Å². The van der Waals surface area contributed by atoms with Crippen LogP contribution in [-0.2, 0) is 9.59 Å². The summed E-state index contributed by atoms with van der Waals surface area (Å²) in [6.45, 7) is 1.94. The molecule has 2 N–H and O–H groups in total. The van der Waals surface area contributed by atoms with E-state index in [0.29, 0.717) is 5.69 Å². The van der Waals surface area contributed by atoms with E-state index in [1.54, 1.807) is 30.3 Å². The lowest BCUT2D eigenvalue weighted by atomic mass is 10.1. The molecule has 3 rings (SSSR count). The molecule has 2 aromatic carbocycles. The van der Waals surface area contributed by atoms with Gasteiger partial charge in [0.15, 0.2) is 0 Å². The molecule has 1 aliphatic heterocycles. The van der Waals surface area contributed by atoms with Crippen LogP contribution in [0, 0.1) is 18.7 Å². The number of halogens is 1. The van der Waals surface area contributed by atoms with E-state index in [1.165, 1.54) is 17.0 Å². The number of hydrogen-bond acceptors (Lipinski definition) is 3. The third kappa shape index (κ3) is 3.08. The molecule has 0 aromatic heterocycles. The van der Waals surface area contributed by atoms with Crippen LogP contribution in [0.1, 0.15) is 12.0 Å². The third-order valence-corrected chi connectivity index (χ3v) is 4.05. The summed E-state index contributed by atoms with van der Waals surface area (Å²) in [5.74, 6) is -1.80. The van der Waals surface area contributed by atoms with Crippen molar-refractivity contribution in [1.29, 1.82) is 0 Å². The molecule has 0 radical (unpaired) electrons. The Labute approximate surface area is 138 Å². The second kappa shape index (κ2) is 6.31. The zero-order valence-electron chi connectivity index (χ0n) is 13.1. The Morgan fingerprint density at radius 1 is 1.29 bits per heavy atom. The number of amides is 2. The lowest BCUT2D eigenvalue weighted by molar-refractivity contribution is -0.122. The Morgan fingerprint density at radius 3 is 2.75 bits per heavy atom. The van der Waals surface area contributed by atoms with Crippen LogP contribution in [0.4, 0.5) is 15.8 Å².